The average molecular weight is 530 g/mol. The van der Waals surface area contributed by atoms with Gasteiger partial charge in [-0.05, 0) is 66.9 Å². The van der Waals surface area contributed by atoms with Gasteiger partial charge < -0.3 is 9.84 Å². The maximum Gasteiger partial charge on any atom is 0.331 e. The van der Waals surface area contributed by atoms with E-state index in [1.165, 1.54) is 38.4 Å². The van der Waals surface area contributed by atoms with Crippen LogP contribution in [0.2, 0.25) is 0 Å². The molecule has 3 unspecified atom stereocenters. The molecule has 1 amide bonds. The van der Waals surface area contributed by atoms with E-state index in [2.05, 4.69) is 32.4 Å². The normalized spacial score (nSPS) is 18.7. The monoisotopic (exact) mass is 529 g/mol. The Hall–Kier alpha value is -3.22. The number of halogens is 1. The molecule has 0 radical (unpaired) electrons. The van der Waals surface area contributed by atoms with Crippen LogP contribution in [-0.2, 0) is 24.5 Å². The van der Waals surface area contributed by atoms with Crippen LogP contribution in [0.25, 0.3) is 0 Å². The number of allylic oxidation sites excluding steroid dienone is 4. The van der Waals surface area contributed by atoms with Crippen LogP contribution in [0.4, 0.5) is 10.1 Å². The lowest BCUT2D eigenvalue weighted by Crippen LogP contribution is -2.45. The highest BCUT2D eigenvalue weighted by atomic mass is 19.1. The first-order valence-electron chi connectivity index (χ1n) is 13.2. The lowest BCUT2D eigenvalue weighted by atomic mass is 9.72. The zero-order valence-corrected chi connectivity index (χ0v) is 24.1. The summed E-state index contributed by atoms with van der Waals surface area (Å²) in [5.41, 5.74) is 1.63. The van der Waals surface area contributed by atoms with E-state index < -0.39 is 23.7 Å². The van der Waals surface area contributed by atoms with Gasteiger partial charge in [0.05, 0.1) is 13.0 Å². The van der Waals surface area contributed by atoms with Crippen molar-refractivity contribution in [2.75, 3.05) is 12.0 Å². The lowest BCUT2D eigenvalue weighted by molar-refractivity contribution is -0.151. The summed E-state index contributed by atoms with van der Waals surface area (Å²) in [6.07, 6.45) is 9.70. The van der Waals surface area contributed by atoms with Crippen LogP contribution in [0.5, 0.6) is 0 Å². The largest absolute Gasteiger partial charge is 0.479 e. The predicted molar refractivity (Wildman–Crippen MR) is 151 cm³/mol. The van der Waals surface area contributed by atoms with Gasteiger partial charge >= 0.3 is 11.9 Å². The third kappa shape index (κ3) is 9.26. The number of carboxylic acid groups (broad SMARTS) is 1. The molecular weight excluding hydrogens is 485 g/mol. The van der Waals surface area contributed by atoms with Crippen molar-refractivity contribution < 1.29 is 28.6 Å². The van der Waals surface area contributed by atoms with Gasteiger partial charge in [-0.15, -0.1) is 0 Å². The Kier molecular flexibility index (Phi) is 13.2. The number of methoxy groups -OCH3 is 1. The summed E-state index contributed by atoms with van der Waals surface area (Å²) >= 11 is 0. The fraction of sp³-hybridized carbons (Fsp3) is 0.516. The SMILES string of the molecule is CCC1CCC1C(=O)OC.C\C=C(F)/C=C(\C=C\CC)C(C(=O)O)N(C(C)=O)c1ccc(C(C)(C)C)cc1. The number of hydrogen-bond acceptors (Lipinski definition) is 4. The predicted octanol–water partition coefficient (Wildman–Crippen LogP) is 7.15. The number of carboxylic acids is 1. The fourth-order valence-electron chi connectivity index (χ4n) is 4.27. The van der Waals surface area contributed by atoms with E-state index in [0.29, 0.717) is 18.0 Å². The first kappa shape index (κ1) is 32.8. The third-order valence-corrected chi connectivity index (χ3v) is 6.73. The zero-order chi connectivity index (χ0) is 29.0. The minimum atomic E-state index is -1.34. The molecule has 0 aliphatic heterocycles. The molecule has 1 aliphatic rings. The van der Waals surface area contributed by atoms with Crippen LogP contribution >= 0.6 is 0 Å². The fourth-order valence-corrected chi connectivity index (χ4v) is 4.27. The van der Waals surface area contributed by atoms with E-state index in [0.717, 1.165) is 24.5 Å². The van der Waals surface area contributed by atoms with Crippen LogP contribution in [0.1, 0.15) is 79.7 Å². The van der Waals surface area contributed by atoms with Gasteiger partial charge in [0.2, 0.25) is 5.91 Å². The minimum Gasteiger partial charge on any atom is -0.479 e. The van der Waals surface area contributed by atoms with E-state index in [1.807, 2.05) is 19.1 Å². The van der Waals surface area contributed by atoms with Crippen LogP contribution in [0.15, 0.2) is 60.0 Å². The summed E-state index contributed by atoms with van der Waals surface area (Å²) in [4.78, 5) is 36.6. The van der Waals surface area contributed by atoms with E-state index in [-0.39, 0.29) is 22.9 Å². The molecule has 1 aromatic rings. The Morgan fingerprint density at radius 3 is 2.13 bits per heavy atom. The molecule has 2 rings (SSSR count). The Labute approximate surface area is 227 Å². The maximum atomic E-state index is 13.9. The third-order valence-electron chi connectivity index (χ3n) is 6.73. The average Bonchev–Trinajstić information content (AvgIpc) is 2.84. The molecule has 0 aromatic heterocycles. The summed E-state index contributed by atoms with van der Waals surface area (Å²) in [5.74, 6) is -1.42. The molecule has 1 aliphatic carbocycles. The summed E-state index contributed by atoms with van der Waals surface area (Å²) in [7, 11) is 1.47. The Morgan fingerprint density at radius 2 is 1.76 bits per heavy atom. The molecule has 6 nitrogen and oxygen atoms in total. The lowest BCUT2D eigenvalue weighted by Gasteiger charge is -2.33. The number of rotatable bonds is 9. The molecular formula is C31H44FNO5. The van der Waals surface area contributed by atoms with Gasteiger partial charge in [0, 0.05) is 12.6 Å². The first-order chi connectivity index (χ1) is 17.8. The van der Waals surface area contributed by atoms with Crippen molar-refractivity contribution in [3.63, 3.8) is 0 Å². The van der Waals surface area contributed by atoms with Gasteiger partial charge in [-0.2, -0.15) is 0 Å². The Morgan fingerprint density at radius 1 is 1.16 bits per heavy atom. The van der Waals surface area contributed by atoms with Crippen molar-refractivity contribution in [1.82, 2.24) is 0 Å². The molecule has 0 saturated heterocycles. The van der Waals surface area contributed by atoms with Gasteiger partial charge in [0.25, 0.3) is 0 Å². The Bertz CT molecular complexity index is 1030. The quantitative estimate of drug-likeness (QED) is 0.271. The molecule has 38 heavy (non-hydrogen) atoms. The summed E-state index contributed by atoms with van der Waals surface area (Å²) in [6, 6.07) is 5.87. The Balaban J connectivity index is 0.000000600. The number of benzene rings is 1. The highest BCUT2D eigenvalue weighted by Gasteiger charge is 2.35. The second kappa shape index (κ2) is 15.3. The van der Waals surface area contributed by atoms with E-state index in [9.17, 15) is 23.9 Å². The van der Waals surface area contributed by atoms with Crippen molar-refractivity contribution in [1.29, 1.82) is 0 Å². The van der Waals surface area contributed by atoms with Crippen molar-refractivity contribution in [3.05, 3.63) is 65.5 Å². The number of aliphatic carboxylic acids is 1. The van der Waals surface area contributed by atoms with Gasteiger partial charge in [-0.25, -0.2) is 9.18 Å². The minimum absolute atomic E-state index is 0.0156. The number of hydrogen-bond donors (Lipinski definition) is 1. The molecule has 0 heterocycles. The number of esters is 1. The first-order valence-corrected chi connectivity index (χ1v) is 13.2. The molecule has 1 fully saturated rings. The van der Waals surface area contributed by atoms with E-state index >= 15 is 0 Å². The number of carbonyl (C=O) groups is 3. The number of carbonyl (C=O) groups excluding carboxylic acids is 2. The van der Waals surface area contributed by atoms with Gasteiger partial charge in [-0.3, -0.25) is 14.5 Å². The summed E-state index contributed by atoms with van der Waals surface area (Å²) in [6.45, 7) is 13.1. The smallest absolute Gasteiger partial charge is 0.331 e. The van der Waals surface area contributed by atoms with Crippen molar-refractivity contribution in [2.24, 2.45) is 11.8 Å². The number of nitrogens with zero attached hydrogens (tertiary/aromatic N) is 1. The van der Waals surface area contributed by atoms with Crippen LogP contribution in [0.3, 0.4) is 0 Å². The van der Waals surface area contributed by atoms with Crippen LogP contribution in [0, 0.1) is 11.8 Å². The number of amides is 1. The van der Waals surface area contributed by atoms with Crippen molar-refractivity contribution in [2.45, 2.75) is 85.6 Å². The van der Waals surface area contributed by atoms with Gasteiger partial charge in [-0.1, -0.05) is 71.4 Å². The second-order valence-electron chi connectivity index (χ2n) is 10.4. The maximum absolute atomic E-state index is 13.9. The molecule has 7 heteroatoms. The number of anilines is 1. The van der Waals surface area contributed by atoms with Crippen molar-refractivity contribution >= 4 is 23.5 Å². The standard InChI is InChI=1S/C23H30FNO3.C8H14O2/c1-7-9-10-17(15-19(24)8-2)21(22(27)28)25(16(3)26)20-13-11-18(12-14-20)23(4,5)6;1-3-6-4-5-7(6)8(9)10-2/h8-15,21H,7H2,1-6H3,(H,27,28);6-7H,3-5H2,1-2H3/b10-9+,17-15+,19-8+;. The molecule has 0 spiro atoms. The molecule has 1 saturated carbocycles. The summed E-state index contributed by atoms with van der Waals surface area (Å²) in [5, 5.41) is 9.88. The van der Waals surface area contributed by atoms with Gasteiger partial charge in [0.1, 0.15) is 5.83 Å². The topological polar surface area (TPSA) is 83.9 Å². The number of ether oxygens (including phenoxy) is 1. The van der Waals surface area contributed by atoms with Gasteiger partial charge in [0.15, 0.2) is 6.04 Å². The molecule has 1 N–H and O–H groups in total. The van der Waals surface area contributed by atoms with Crippen molar-refractivity contribution in [3.8, 4) is 0 Å². The zero-order valence-electron chi connectivity index (χ0n) is 24.1. The molecule has 210 valence electrons. The highest BCUT2D eigenvalue weighted by Crippen LogP contribution is 2.37. The van der Waals surface area contributed by atoms with Crippen LogP contribution < -0.4 is 4.90 Å². The highest BCUT2D eigenvalue weighted by molar-refractivity contribution is 6.00. The molecule has 1 aromatic carbocycles. The molecule has 0 bridgehead atoms. The summed E-state index contributed by atoms with van der Waals surface area (Å²) < 4.78 is 18.6. The molecule has 3 atom stereocenters. The van der Waals surface area contributed by atoms with E-state index in [1.54, 1.807) is 24.3 Å². The van der Waals surface area contributed by atoms with Crippen LogP contribution in [-0.4, -0.2) is 36.1 Å². The van der Waals surface area contributed by atoms with E-state index in [4.69, 9.17) is 0 Å². The second-order valence-corrected chi connectivity index (χ2v) is 10.4.